The largest absolute Gasteiger partial charge is 0.397 e. The second kappa shape index (κ2) is 5.90. The van der Waals surface area contributed by atoms with Crippen molar-refractivity contribution in [3.05, 3.63) is 18.2 Å². The monoisotopic (exact) mass is 309 g/mol. The highest BCUT2D eigenvalue weighted by Gasteiger charge is 2.27. The molecule has 1 rings (SSSR count). The van der Waals surface area contributed by atoms with E-state index in [4.69, 9.17) is 10.8 Å². The summed E-state index contributed by atoms with van der Waals surface area (Å²) in [6, 6.07) is 3.76. The van der Waals surface area contributed by atoms with Crippen molar-refractivity contribution in [2.45, 2.75) is 10.8 Å². The quantitative estimate of drug-likeness (QED) is 0.667. The molecule has 114 valence electrons. The summed E-state index contributed by atoms with van der Waals surface area (Å²) in [6.45, 7) is -2.08. The minimum absolute atomic E-state index is 0.0283. The van der Waals surface area contributed by atoms with Crippen LogP contribution in [-0.4, -0.2) is 51.0 Å². The number of hydrogen-bond donors (Lipinski definition) is 3. The van der Waals surface area contributed by atoms with E-state index in [1.165, 1.54) is 32.3 Å². The molecule has 0 spiro atoms. The van der Waals surface area contributed by atoms with E-state index in [2.05, 4.69) is 5.32 Å². The zero-order valence-electron chi connectivity index (χ0n) is 11.1. The van der Waals surface area contributed by atoms with Crippen molar-refractivity contribution in [3.63, 3.8) is 0 Å². The van der Waals surface area contributed by atoms with Gasteiger partial charge in [0.15, 0.2) is 0 Å². The van der Waals surface area contributed by atoms with Crippen LogP contribution in [0.15, 0.2) is 23.1 Å². The number of anilines is 2. The zero-order valence-corrected chi connectivity index (χ0v) is 11.9. The number of halogens is 2. The van der Waals surface area contributed by atoms with Gasteiger partial charge in [0.1, 0.15) is 6.61 Å². The Balaban J connectivity index is 2.95. The molecule has 0 radical (unpaired) electrons. The average Bonchev–Trinajstić information content (AvgIpc) is 2.37. The Morgan fingerprint density at radius 2 is 2.00 bits per heavy atom. The topological polar surface area (TPSA) is 95.7 Å². The Hall–Kier alpha value is -1.45. The van der Waals surface area contributed by atoms with Gasteiger partial charge in [-0.15, -0.1) is 0 Å². The SMILES string of the molecule is CN(C)S(=O)(=O)c1ccc(NCC(F)(F)CO)c(N)c1. The molecule has 20 heavy (non-hydrogen) atoms. The third-order valence-corrected chi connectivity index (χ3v) is 4.38. The first kappa shape index (κ1) is 16.6. The molecule has 0 fully saturated rings. The Kier molecular flexibility index (Phi) is 4.90. The normalized spacial score (nSPS) is 12.7. The number of nitrogens with zero attached hydrogens (tertiary/aromatic N) is 1. The molecule has 0 amide bonds. The molecule has 1 aromatic carbocycles. The van der Waals surface area contributed by atoms with Crippen LogP contribution >= 0.6 is 0 Å². The van der Waals surface area contributed by atoms with E-state index in [0.717, 1.165) is 4.31 Å². The van der Waals surface area contributed by atoms with Gasteiger partial charge in [-0.2, -0.15) is 0 Å². The Labute approximate surface area is 116 Å². The van der Waals surface area contributed by atoms with E-state index < -0.39 is 29.1 Å². The second-order valence-corrected chi connectivity index (χ2v) is 6.56. The molecular weight excluding hydrogens is 292 g/mol. The molecule has 0 saturated carbocycles. The standard InChI is InChI=1S/C11H17F2N3O3S/c1-16(2)20(18,19)8-3-4-10(9(14)5-8)15-6-11(12,13)7-17/h3-5,15,17H,6-7,14H2,1-2H3. The van der Waals surface area contributed by atoms with Crippen LogP contribution in [0.5, 0.6) is 0 Å². The molecule has 1 aromatic rings. The van der Waals surface area contributed by atoms with E-state index in [9.17, 15) is 17.2 Å². The number of sulfonamides is 1. The minimum atomic E-state index is -3.63. The van der Waals surface area contributed by atoms with Crippen molar-refractivity contribution in [3.8, 4) is 0 Å². The van der Waals surface area contributed by atoms with Crippen molar-refractivity contribution in [1.82, 2.24) is 4.31 Å². The molecule has 0 saturated heterocycles. The summed E-state index contributed by atoms with van der Waals surface area (Å²) >= 11 is 0. The molecule has 0 atom stereocenters. The molecule has 0 heterocycles. The lowest BCUT2D eigenvalue weighted by atomic mass is 10.2. The van der Waals surface area contributed by atoms with Crippen LogP contribution in [0.4, 0.5) is 20.2 Å². The smallest absolute Gasteiger partial charge is 0.287 e. The van der Waals surface area contributed by atoms with E-state index in [-0.39, 0.29) is 16.3 Å². The van der Waals surface area contributed by atoms with Crippen molar-refractivity contribution in [2.24, 2.45) is 0 Å². The molecular formula is C11H17F2N3O3S. The third-order valence-electron chi connectivity index (χ3n) is 2.57. The van der Waals surface area contributed by atoms with Crippen LogP contribution < -0.4 is 11.1 Å². The molecule has 0 aliphatic heterocycles. The van der Waals surface area contributed by atoms with Crippen molar-refractivity contribution in [2.75, 3.05) is 38.3 Å². The maximum absolute atomic E-state index is 12.9. The number of aliphatic hydroxyl groups excluding tert-OH is 1. The third kappa shape index (κ3) is 3.78. The summed E-state index contributed by atoms with van der Waals surface area (Å²) in [7, 11) is -0.878. The van der Waals surface area contributed by atoms with E-state index >= 15 is 0 Å². The number of nitrogens with two attached hydrogens (primary N) is 1. The second-order valence-electron chi connectivity index (χ2n) is 4.40. The summed E-state index contributed by atoms with van der Waals surface area (Å²) in [5, 5.41) is 10.8. The maximum Gasteiger partial charge on any atom is 0.287 e. The van der Waals surface area contributed by atoms with E-state index in [0.29, 0.717) is 0 Å². The van der Waals surface area contributed by atoms with E-state index in [1.807, 2.05) is 0 Å². The number of benzene rings is 1. The van der Waals surface area contributed by atoms with Gasteiger partial charge in [0.05, 0.1) is 22.8 Å². The van der Waals surface area contributed by atoms with Crippen molar-refractivity contribution in [1.29, 1.82) is 0 Å². The Bertz CT molecular complexity index is 576. The lowest BCUT2D eigenvalue weighted by molar-refractivity contribution is -0.0372. The maximum atomic E-state index is 12.9. The fraction of sp³-hybridized carbons (Fsp3) is 0.455. The van der Waals surface area contributed by atoms with Crippen molar-refractivity contribution >= 4 is 21.4 Å². The van der Waals surface area contributed by atoms with Gasteiger partial charge >= 0.3 is 0 Å². The van der Waals surface area contributed by atoms with Gasteiger partial charge in [-0.25, -0.2) is 21.5 Å². The van der Waals surface area contributed by atoms with Crippen LogP contribution in [0.2, 0.25) is 0 Å². The molecule has 0 aliphatic rings. The number of rotatable bonds is 6. The number of nitrogen functional groups attached to an aromatic ring is 1. The average molecular weight is 309 g/mol. The zero-order chi connectivity index (χ0) is 15.6. The highest BCUT2D eigenvalue weighted by Crippen LogP contribution is 2.25. The van der Waals surface area contributed by atoms with Gasteiger partial charge in [0, 0.05) is 14.1 Å². The van der Waals surface area contributed by atoms with Gasteiger partial charge < -0.3 is 16.2 Å². The number of nitrogens with one attached hydrogen (secondary N) is 1. The minimum Gasteiger partial charge on any atom is -0.397 e. The fourth-order valence-corrected chi connectivity index (χ4v) is 2.29. The summed E-state index contributed by atoms with van der Waals surface area (Å²) in [5.74, 6) is -3.28. The number of alkyl halides is 2. The van der Waals surface area contributed by atoms with E-state index in [1.54, 1.807) is 0 Å². The predicted octanol–water partition coefficient (Wildman–Crippen LogP) is 0.559. The fourth-order valence-electron chi connectivity index (χ4n) is 1.35. The first-order chi connectivity index (χ1) is 9.10. The molecule has 9 heteroatoms. The van der Waals surface area contributed by atoms with Crippen LogP contribution in [0.3, 0.4) is 0 Å². The lowest BCUT2D eigenvalue weighted by Gasteiger charge is -2.17. The number of hydrogen-bond acceptors (Lipinski definition) is 5. The summed E-state index contributed by atoms with van der Waals surface area (Å²) < 4.78 is 50.5. The summed E-state index contributed by atoms with van der Waals surface area (Å²) in [5.41, 5.74) is 5.84. The summed E-state index contributed by atoms with van der Waals surface area (Å²) in [4.78, 5) is -0.0283. The van der Waals surface area contributed by atoms with Gasteiger partial charge in [-0.3, -0.25) is 0 Å². The Morgan fingerprint density at radius 1 is 1.40 bits per heavy atom. The molecule has 0 aromatic heterocycles. The molecule has 0 bridgehead atoms. The molecule has 0 aliphatic carbocycles. The predicted molar refractivity (Wildman–Crippen MR) is 72.2 cm³/mol. The number of aliphatic hydroxyl groups is 1. The molecule has 4 N–H and O–H groups in total. The lowest BCUT2D eigenvalue weighted by Crippen LogP contribution is -2.31. The first-order valence-corrected chi connectivity index (χ1v) is 7.09. The van der Waals surface area contributed by atoms with Gasteiger partial charge in [0.25, 0.3) is 5.92 Å². The molecule has 0 unspecified atom stereocenters. The summed E-state index contributed by atoms with van der Waals surface area (Å²) in [6.07, 6.45) is 0. The Morgan fingerprint density at radius 3 is 2.45 bits per heavy atom. The van der Waals surface area contributed by atoms with Crippen LogP contribution in [-0.2, 0) is 10.0 Å². The van der Waals surface area contributed by atoms with Crippen LogP contribution in [0, 0.1) is 0 Å². The van der Waals surface area contributed by atoms with Gasteiger partial charge in [-0.1, -0.05) is 0 Å². The highest BCUT2D eigenvalue weighted by molar-refractivity contribution is 7.89. The highest BCUT2D eigenvalue weighted by atomic mass is 32.2. The van der Waals surface area contributed by atoms with Gasteiger partial charge in [0.2, 0.25) is 10.0 Å². The van der Waals surface area contributed by atoms with Crippen LogP contribution in [0.25, 0.3) is 0 Å². The first-order valence-electron chi connectivity index (χ1n) is 5.65. The van der Waals surface area contributed by atoms with Crippen molar-refractivity contribution < 1.29 is 22.3 Å². The van der Waals surface area contributed by atoms with Gasteiger partial charge in [-0.05, 0) is 18.2 Å². The molecule has 6 nitrogen and oxygen atoms in total. The van der Waals surface area contributed by atoms with Crippen LogP contribution in [0.1, 0.15) is 0 Å².